The Balaban J connectivity index is 2.74. The molecular formula is C13H8N2Se. The minimum absolute atomic E-state index is 0.307. The van der Waals surface area contributed by atoms with Gasteiger partial charge in [0, 0.05) is 0 Å². The van der Waals surface area contributed by atoms with Crippen molar-refractivity contribution in [2.75, 3.05) is 0 Å². The molecule has 0 fully saturated rings. The number of hydrogen-bond acceptors (Lipinski definition) is 0. The topological polar surface area (TPSA) is 36.4 Å². The predicted octanol–water partition coefficient (Wildman–Crippen LogP) is 2.18. The minimum atomic E-state index is 0.307. The summed E-state index contributed by atoms with van der Waals surface area (Å²) < 4.78 is 2.56. The summed E-state index contributed by atoms with van der Waals surface area (Å²) in [6.07, 6.45) is 0. The van der Waals surface area contributed by atoms with Gasteiger partial charge < -0.3 is 0 Å². The van der Waals surface area contributed by atoms with E-state index < -0.39 is 0 Å². The first kappa shape index (κ1) is 9.56. The molecule has 0 aliphatic carbocycles. The Bertz CT molecular complexity index is 710. The van der Waals surface area contributed by atoms with Crippen LogP contribution in [0.5, 0.6) is 0 Å². The van der Waals surface area contributed by atoms with Crippen molar-refractivity contribution in [3.63, 3.8) is 0 Å². The van der Waals surface area contributed by atoms with E-state index in [2.05, 4.69) is 16.9 Å². The monoisotopic (exact) mass is 272 g/mol. The molecule has 0 aliphatic heterocycles. The van der Waals surface area contributed by atoms with E-state index in [-0.39, 0.29) is 0 Å². The SMILES string of the molecule is [N-]=[N+]=c1c2ccccc2[se]c2ccccc12. The molecule has 3 rings (SSSR count). The van der Waals surface area contributed by atoms with Gasteiger partial charge in [-0.2, -0.15) is 0 Å². The molecule has 0 amide bonds. The summed E-state index contributed by atoms with van der Waals surface area (Å²) in [5, 5.41) is 2.81. The zero-order valence-electron chi connectivity index (χ0n) is 8.42. The van der Waals surface area contributed by atoms with Gasteiger partial charge in [-0.05, 0) is 0 Å². The number of rotatable bonds is 0. The van der Waals surface area contributed by atoms with Gasteiger partial charge in [0.2, 0.25) is 0 Å². The summed E-state index contributed by atoms with van der Waals surface area (Å²) in [5.74, 6) is 0. The molecule has 0 radical (unpaired) electrons. The van der Waals surface area contributed by atoms with E-state index in [4.69, 9.17) is 0 Å². The van der Waals surface area contributed by atoms with Crippen molar-refractivity contribution < 1.29 is 4.79 Å². The zero-order valence-corrected chi connectivity index (χ0v) is 10.1. The first-order valence-corrected chi connectivity index (χ1v) is 6.70. The third-order valence-corrected chi connectivity index (χ3v) is 5.02. The van der Waals surface area contributed by atoms with Crippen LogP contribution in [-0.2, 0) is 0 Å². The summed E-state index contributed by atoms with van der Waals surface area (Å²) in [4.78, 5) is 3.46. The third-order valence-electron chi connectivity index (χ3n) is 2.60. The van der Waals surface area contributed by atoms with Gasteiger partial charge in [0.05, 0.1) is 0 Å². The molecule has 2 nitrogen and oxygen atoms in total. The van der Waals surface area contributed by atoms with Gasteiger partial charge in [-0.3, -0.25) is 0 Å². The maximum absolute atomic E-state index is 9.18. The van der Waals surface area contributed by atoms with Gasteiger partial charge in [-0.1, -0.05) is 0 Å². The standard InChI is InChI=1S/C13H8N2Se/c14-15-13-9-5-1-3-7-11(9)16-12-8-4-2-6-10(12)13/h1-8H. The Kier molecular flexibility index (Phi) is 2.23. The van der Waals surface area contributed by atoms with Crippen LogP contribution in [-0.4, -0.2) is 19.3 Å². The Hall–Kier alpha value is -1.66. The number of benzene rings is 2. The molecule has 3 heteroatoms. The van der Waals surface area contributed by atoms with Crippen LogP contribution in [0.4, 0.5) is 0 Å². The molecule has 76 valence electrons. The van der Waals surface area contributed by atoms with Crippen LogP contribution in [0.15, 0.2) is 48.5 Å². The molecule has 0 saturated carbocycles. The van der Waals surface area contributed by atoms with Crippen molar-refractivity contribution >= 4 is 33.8 Å². The van der Waals surface area contributed by atoms with Crippen LogP contribution in [0.25, 0.3) is 24.8 Å². The quantitative estimate of drug-likeness (QED) is 0.260. The fourth-order valence-electron chi connectivity index (χ4n) is 1.87. The molecule has 0 bridgehead atoms. The molecule has 16 heavy (non-hydrogen) atoms. The first-order chi connectivity index (χ1) is 7.90. The average Bonchev–Trinajstić information content (AvgIpc) is 2.36. The van der Waals surface area contributed by atoms with Crippen LogP contribution in [0, 0.1) is 0 Å². The summed E-state index contributed by atoms with van der Waals surface area (Å²) >= 11 is 0.307. The van der Waals surface area contributed by atoms with E-state index in [1.165, 1.54) is 8.52 Å². The van der Waals surface area contributed by atoms with Gasteiger partial charge in [-0.15, -0.1) is 0 Å². The van der Waals surface area contributed by atoms with Crippen LogP contribution in [0.2, 0.25) is 0 Å². The summed E-state index contributed by atoms with van der Waals surface area (Å²) in [7, 11) is 0. The zero-order chi connectivity index (χ0) is 11.0. The molecule has 3 aromatic rings. The molecule has 0 atom stereocenters. The number of hydrogen-bond donors (Lipinski definition) is 0. The van der Waals surface area contributed by atoms with Gasteiger partial charge >= 0.3 is 98.0 Å². The summed E-state index contributed by atoms with van der Waals surface area (Å²) in [6, 6.07) is 16.3. The van der Waals surface area contributed by atoms with Crippen molar-refractivity contribution in [2.24, 2.45) is 0 Å². The van der Waals surface area contributed by atoms with Gasteiger partial charge in [0.15, 0.2) is 0 Å². The van der Waals surface area contributed by atoms with E-state index >= 15 is 0 Å². The van der Waals surface area contributed by atoms with Crippen LogP contribution in [0.1, 0.15) is 0 Å². The van der Waals surface area contributed by atoms with Crippen molar-refractivity contribution in [3.05, 3.63) is 59.4 Å². The normalized spacial score (nSPS) is 10.5. The third kappa shape index (κ3) is 1.35. The first-order valence-electron chi connectivity index (χ1n) is 4.99. The molecule has 0 aliphatic rings. The van der Waals surface area contributed by atoms with Gasteiger partial charge in [0.1, 0.15) is 0 Å². The fraction of sp³-hybridized carbons (Fsp3) is 0. The van der Waals surface area contributed by atoms with E-state index in [1.807, 2.05) is 36.4 Å². The molecule has 0 unspecified atom stereocenters. The second kappa shape index (κ2) is 3.73. The summed E-state index contributed by atoms with van der Waals surface area (Å²) in [5.41, 5.74) is 9.18. The second-order valence-corrected chi connectivity index (χ2v) is 5.82. The molecule has 1 aromatic heterocycles. The Morgan fingerprint density at radius 2 is 1.31 bits per heavy atom. The van der Waals surface area contributed by atoms with E-state index in [0.717, 1.165) is 10.8 Å². The number of nitrogens with zero attached hydrogens (tertiary/aromatic N) is 2. The fourth-order valence-corrected chi connectivity index (χ4v) is 4.14. The average molecular weight is 271 g/mol. The Morgan fingerprint density at radius 3 is 1.81 bits per heavy atom. The van der Waals surface area contributed by atoms with Gasteiger partial charge in [-0.25, -0.2) is 0 Å². The molecule has 1 heterocycles. The van der Waals surface area contributed by atoms with E-state index in [0.29, 0.717) is 19.9 Å². The van der Waals surface area contributed by atoms with Crippen LogP contribution >= 0.6 is 0 Å². The van der Waals surface area contributed by atoms with Crippen LogP contribution < -0.4 is 5.36 Å². The van der Waals surface area contributed by atoms with Gasteiger partial charge in [0.25, 0.3) is 0 Å². The Morgan fingerprint density at radius 1 is 0.812 bits per heavy atom. The summed E-state index contributed by atoms with van der Waals surface area (Å²) in [6.45, 7) is 0. The van der Waals surface area contributed by atoms with E-state index in [1.54, 1.807) is 0 Å². The van der Waals surface area contributed by atoms with Crippen molar-refractivity contribution in [3.8, 4) is 0 Å². The van der Waals surface area contributed by atoms with Crippen LogP contribution in [0.3, 0.4) is 0 Å². The second-order valence-electron chi connectivity index (χ2n) is 3.54. The number of fused-ring (bicyclic) bond motifs is 2. The molecule has 0 spiro atoms. The van der Waals surface area contributed by atoms with Crippen molar-refractivity contribution in [2.45, 2.75) is 0 Å². The van der Waals surface area contributed by atoms with E-state index in [9.17, 15) is 5.53 Å². The van der Waals surface area contributed by atoms with Crippen molar-refractivity contribution in [1.82, 2.24) is 0 Å². The van der Waals surface area contributed by atoms with Crippen molar-refractivity contribution in [1.29, 1.82) is 0 Å². The molecular weight excluding hydrogens is 263 g/mol. The maximum atomic E-state index is 9.18. The molecule has 2 aromatic carbocycles. The predicted molar refractivity (Wildman–Crippen MR) is 65.1 cm³/mol. The molecule has 0 saturated heterocycles. The Labute approximate surface area is 98.1 Å². The molecule has 0 N–H and O–H groups in total.